The molecule has 0 unspecified atom stereocenters. The van der Waals surface area contributed by atoms with Crippen molar-refractivity contribution in [1.29, 1.82) is 0 Å². The number of H-pyrrole nitrogens is 1. The van der Waals surface area contributed by atoms with Crippen molar-refractivity contribution in [3.05, 3.63) is 28.7 Å². The number of aromatic nitrogens is 2. The van der Waals surface area contributed by atoms with Crippen molar-refractivity contribution in [2.75, 3.05) is 18.6 Å². The molecule has 0 amide bonds. The van der Waals surface area contributed by atoms with E-state index >= 15 is 0 Å². The zero-order valence-electron chi connectivity index (χ0n) is 10.3. The zero-order valence-corrected chi connectivity index (χ0v) is 11.1. The van der Waals surface area contributed by atoms with Crippen LogP contribution >= 0.6 is 11.8 Å². The van der Waals surface area contributed by atoms with Crippen LogP contribution in [0.2, 0.25) is 0 Å². The maximum Gasteiger partial charge on any atom is 0.326 e. The summed E-state index contributed by atoms with van der Waals surface area (Å²) < 4.78 is 7.27. The molecule has 3 rings (SSSR count). The van der Waals surface area contributed by atoms with E-state index in [0.29, 0.717) is 6.04 Å². The quantitative estimate of drug-likeness (QED) is 0.906. The van der Waals surface area contributed by atoms with Gasteiger partial charge in [0.2, 0.25) is 0 Å². The van der Waals surface area contributed by atoms with E-state index in [4.69, 9.17) is 4.74 Å². The number of benzene rings is 1. The van der Waals surface area contributed by atoms with E-state index in [9.17, 15) is 4.79 Å². The highest BCUT2D eigenvalue weighted by molar-refractivity contribution is 7.99. The van der Waals surface area contributed by atoms with Crippen molar-refractivity contribution in [3.63, 3.8) is 0 Å². The lowest BCUT2D eigenvalue weighted by Crippen LogP contribution is -2.25. The molecule has 96 valence electrons. The number of imidazole rings is 1. The van der Waals surface area contributed by atoms with E-state index in [1.165, 1.54) is 0 Å². The van der Waals surface area contributed by atoms with Crippen molar-refractivity contribution in [3.8, 4) is 5.75 Å². The Morgan fingerprint density at radius 1 is 1.39 bits per heavy atom. The van der Waals surface area contributed by atoms with Crippen molar-refractivity contribution in [2.24, 2.45) is 0 Å². The molecular formula is C13H16N2O2S. The van der Waals surface area contributed by atoms with Crippen LogP contribution in [0.5, 0.6) is 5.75 Å². The Bertz CT molecular complexity index is 611. The van der Waals surface area contributed by atoms with Gasteiger partial charge in [0.1, 0.15) is 11.3 Å². The fraction of sp³-hybridized carbons (Fsp3) is 0.462. The summed E-state index contributed by atoms with van der Waals surface area (Å²) in [6, 6.07) is 6.03. The van der Waals surface area contributed by atoms with Crippen LogP contribution in [0.15, 0.2) is 23.0 Å². The number of hydrogen-bond donors (Lipinski definition) is 1. The normalized spacial score (nSPS) is 17.2. The first-order valence-corrected chi connectivity index (χ1v) is 7.31. The number of rotatable bonds is 2. The highest BCUT2D eigenvalue weighted by atomic mass is 32.2. The van der Waals surface area contributed by atoms with Gasteiger partial charge in [0, 0.05) is 6.04 Å². The predicted octanol–water partition coefficient (Wildman–Crippen LogP) is 2.41. The molecule has 1 aromatic heterocycles. The largest absolute Gasteiger partial charge is 0.494 e. The molecule has 1 N–H and O–H groups in total. The Morgan fingerprint density at radius 2 is 2.17 bits per heavy atom. The van der Waals surface area contributed by atoms with Crippen LogP contribution < -0.4 is 10.4 Å². The van der Waals surface area contributed by atoms with Crippen LogP contribution in [0.3, 0.4) is 0 Å². The van der Waals surface area contributed by atoms with Gasteiger partial charge in [-0.2, -0.15) is 11.8 Å². The van der Waals surface area contributed by atoms with Gasteiger partial charge in [-0.3, -0.25) is 4.57 Å². The summed E-state index contributed by atoms with van der Waals surface area (Å²) in [5, 5.41) is 0. The summed E-state index contributed by atoms with van der Waals surface area (Å²) >= 11 is 1.96. The highest BCUT2D eigenvalue weighted by Crippen LogP contribution is 2.31. The molecule has 1 aliphatic rings. The standard InChI is InChI=1S/C13H16N2O2S/c1-17-11-4-2-3-10-12(11)15(13(16)14-10)9-5-7-18-8-6-9/h2-4,9H,5-8H2,1H3,(H,14,16). The van der Waals surface area contributed by atoms with E-state index in [2.05, 4.69) is 4.98 Å². The minimum atomic E-state index is -0.0219. The van der Waals surface area contributed by atoms with E-state index in [1.54, 1.807) is 7.11 Å². The number of ether oxygens (including phenoxy) is 1. The number of methoxy groups -OCH3 is 1. The summed E-state index contributed by atoms with van der Waals surface area (Å²) in [5.74, 6) is 3.02. The summed E-state index contributed by atoms with van der Waals surface area (Å²) in [4.78, 5) is 15.1. The minimum absolute atomic E-state index is 0.0219. The summed E-state index contributed by atoms with van der Waals surface area (Å²) in [6.07, 6.45) is 2.10. The molecule has 1 fully saturated rings. The number of nitrogens with one attached hydrogen (secondary N) is 1. The van der Waals surface area contributed by atoms with Crippen molar-refractivity contribution in [1.82, 2.24) is 9.55 Å². The molecular weight excluding hydrogens is 248 g/mol. The van der Waals surface area contributed by atoms with Crippen molar-refractivity contribution >= 4 is 22.8 Å². The molecule has 2 aromatic rings. The number of nitrogens with zero attached hydrogens (tertiary/aromatic N) is 1. The molecule has 0 saturated carbocycles. The predicted molar refractivity (Wildman–Crippen MR) is 74.7 cm³/mol. The number of hydrogen-bond acceptors (Lipinski definition) is 3. The molecule has 0 bridgehead atoms. The average Bonchev–Trinajstić information content (AvgIpc) is 2.75. The van der Waals surface area contributed by atoms with E-state index in [1.807, 2.05) is 34.5 Å². The van der Waals surface area contributed by atoms with E-state index in [-0.39, 0.29) is 5.69 Å². The zero-order chi connectivity index (χ0) is 12.5. The Balaban J connectivity index is 2.20. The minimum Gasteiger partial charge on any atom is -0.494 e. The molecule has 5 heteroatoms. The summed E-state index contributed by atoms with van der Waals surface area (Å²) in [6.45, 7) is 0. The van der Waals surface area contributed by atoms with Gasteiger partial charge in [0.25, 0.3) is 0 Å². The Kier molecular flexibility index (Phi) is 3.07. The Hall–Kier alpha value is -1.36. The second-order valence-electron chi connectivity index (χ2n) is 4.50. The van der Waals surface area contributed by atoms with Gasteiger partial charge in [0.15, 0.2) is 0 Å². The first-order chi connectivity index (χ1) is 8.81. The molecule has 0 atom stereocenters. The molecule has 0 aliphatic carbocycles. The van der Waals surface area contributed by atoms with Crippen LogP contribution in [0.25, 0.3) is 11.0 Å². The monoisotopic (exact) mass is 264 g/mol. The van der Waals surface area contributed by atoms with Gasteiger partial charge < -0.3 is 9.72 Å². The second-order valence-corrected chi connectivity index (χ2v) is 5.72. The molecule has 0 spiro atoms. The third-order valence-electron chi connectivity index (χ3n) is 3.48. The lowest BCUT2D eigenvalue weighted by molar-refractivity contribution is 0.410. The molecule has 1 aliphatic heterocycles. The molecule has 4 nitrogen and oxygen atoms in total. The number of thioether (sulfide) groups is 1. The average molecular weight is 264 g/mol. The second kappa shape index (κ2) is 4.72. The lowest BCUT2D eigenvalue weighted by Gasteiger charge is -2.23. The van der Waals surface area contributed by atoms with Gasteiger partial charge in [-0.15, -0.1) is 0 Å². The van der Waals surface area contributed by atoms with E-state index in [0.717, 1.165) is 41.1 Å². The first-order valence-electron chi connectivity index (χ1n) is 6.16. The maximum atomic E-state index is 12.2. The number of aromatic amines is 1. The van der Waals surface area contributed by atoms with Crippen molar-refractivity contribution in [2.45, 2.75) is 18.9 Å². The topological polar surface area (TPSA) is 47.0 Å². The Labute approximate surface area is 109 Å². The van der Waals surface area contributed by atoms with Crippen LogP contribution in [-0.4, -0.2) is 28.2 Å². The summed E-state index contributed by atoms with van der Waals surface area (Å²) in [7, 11) is 1.65. The van der Waals surface area contributed by atoms with Crippen LogP contribution in [-0.2, 0) is 0 Å². The maximum absolute atomic E-state index is 12.2. The van der Waals surface area contributed by atoms with Crippen LogP contribution in [0, 0.1) is 0 Å². The SMILES string of the molecule is COc1cccc2[nH]c(=O)n(C3CCSCC3)c12. The van der Waals surface area contributed by atoms with Gasteiger partial charge >= 0.3 is 5.69 Å². The molecule has 1 saturated heterocycles. The molecule has 2 heterocycles. The van der Waals surface area contributed by atoms with Gasteiger partial charge in [-0.25, -0.2) is 4.79 Å². The molecule has 0 radical (unpaired) electrons. The third kappa shape index (κ3) is 1.82. The lowest BCUT2D eigenvalue weighted by atomic mass is 10.1. The van der Waals surface area contributed by atoms with Crippen LogP contribution in [0.1, 0.15) is 18.9 Å². The fourth-order valence-corrected chi connectivity index (χ4v) is 3.69. The van der Waals surface area contributed by atoms with Gasteiger partial charge in [-0.1, -0.05) is 6.07 Å². The summed E-state index contributed by atoms with van der Waals surface area (Å²) in [5.41, 5.74) is 1.74. The van der Waals surface area contributed by atoms with Crippen molar-refractivity contribution < 1.29 is 4.74 Å². The smallest absolute Gasteiger partial charge is 0.326 e. The first kappa shape index (κ1) is 11.7. The Morgan fingerprint density at radius 3 is 2.89 bits per heavy atom. The third-order valence-corrected chi connectivity index (χ3v) is 4.52. The number of para-hydroxylation sites is 1. The van der Waals surface area contributed by atoms with E-state index < -0.39 is 0 Å². The molecule has 18 heavy (non-hydrogen) atoms. The number of fused-ring (bicyclic) bond motifs is 1. The highest BCUT2D eigenvalue weighted by Gasteiger charge is 2.21. The van der Waals surface area contributed by atoms with Crippen LogP contribution in [0.4, 0.5) is 0 Å². The molecule has 1 aromatic carbocycles. The fourth-order valence-electron chi connectivity index (χ4n) is 2.61. The van der Waals surface area contributed by atoms with Gasteiger partial charge in [0.05, 0.1) is 12.6 Å². The van der Waals surface area contributed by atoms with Gasteiger partial charge in [-0.05, 0) is 36.5 Å².